The summed E-state index contributed by atoms with van der Waals surface area (Å²) in [6.45, 7) is 4.04. The molecule has 0 rings (SSSR count). The summed E-state index contributed by atoms with van der Waals surface area (Å²) < 4.78 is 0. The molecule has 0 radical (unpaired) electrons. The van der Waals surface area contributed by atoms with E-state index in [2.05, 4.69) is 43.5 Å². The fraction of sp³-hybridized carbons (Fsp3) is 0.900. The van der Waals surface area contributed by atoms with Crippen LogP contribution >= 0.6 is 0 Å². The van der Waals surface area contributed by atoms with Crippen LogP contribution in [0.15, 0.2) is 24.3 Å². The van der Waals surface area contributed by atoms with Crippen molar-refractivity contribution in [3.8, 4) is 0 Å². The number of allylic oxidation sites excluding steroid dienone is 4. The van der Waals surface area contributed by atoms with Gasteiger partial charge < -0.3 is 25.7 Å². The Bertz CT molecular complexity index is 847. The number of rotatable bonds is 45. The first-order valence-electron chi connectivity index (χ1n) is 24.7. The first kappa shape index (κ1) is 54.8. The minimum atomic E-state index is -1.29. The van der Waals surface area contributed by atoms with Crippen molar-refractivity contribution in [3.05, 3.63) is 24.3 Å². The number of carbonyl (C=O) groups excluding carboxylic acids is 1. The van der Waals surface area contributed by atoms with Crippen LogP contribution in [0.2, 0.25) is 0 Å². The zero-order chi connectivity index (χ0) is 41.0. The lowest BCUT2D eigenvalue weighted by Crippen LogP contribution is -2.53. The van der Waals surface area contributed by atoms with Crippen molar-refractivity contribution in [2.24, 2.45) is 0 Å². The Hall–Kier alpha value is -1.21. The predicted molar refractivity (Wildman–Crippen MR) is 242 cm³/mol. The molecule has 0 spiro atoms. The van der Waals surface area contributed by atoms with Crippen LogP contribution in [0.1, 0.15) is 258 Å². The second-order valence-electron chi connectivity index (χ2n) is 17.2. The van der Waals surface area contributed by atoms with E-state index >= 15 is 0 Å². The first-order valence-corrected chi connectivity index (χ1v) is 24.7. The summed E-state index contributed by atoms with van der Waals surface area (Å²) in [7, 11) is 0. The normalized spacial score (nSPS) is 14.2. The molecule has 0 aromatic rings. The van der Waals surface area contributed by atoms with E-state index in [9.17, 15) is 25.2 Å². The maximum Gasteiger partial charge on any atom is 0.249 e. The van der Waals surface area contributed by atoms with Gasteiger partial charge in [0.15, 0.2) is 0 Å². The molecular formula is C50H97NO5. The number of aliphatic hydroxyl groups excluding tert-OH is 4. The van der Waals surface area contributed by atoms with Gasteiger partial charge in [0.25, 0.3) is 0 Å². The molecule has 0 bridgehead atoms. The minimum Gasteiger partial charge on any atom is -0.394 e. The maximum atomic E-state index is 12.5. The van der Waals surface area contributed by atoms with Crippen molar-refractivity contribution in [1.82, 2.24) is 5.32 Å². The van der Waals surface area contributed by atoms with Gasteiger partial charge in [-0.2, -0.15) is 0 Å². The third kappa shape index (κ3) is 38.3. The number of aliphatic hydroxyl groups is 4. The number of nitrogens with one attached hydrogen (secondary N) is 1. The van der Waals surface area contributed by atoms with Gasteiger partial charge in [-0.15, -0.1) is 0 Å². The summed E-state index contributed by atoms with van der Waals surface area (Å²) in [6.07, 6.45) is 52.3. The molecule has 0 aromatic carbocycles. The highest BCUT2D eigenvalue weighted by molar-refractivity contribution is 5.80. The van der Waals surface area contributed by atoms with E-state index in [1.807, 2.05) is 0 Å². The molecule has 0 saturated carbocycles. The van der Waals surface area contributed by atoms with Crippen LogP contribution in [-0.4, -0.2) is 57.3 Å². The Balaban J connectivity index is 3.67. The minimum absolute atomic E-state index is 0.364. The zero-order valence-electron chi connectivity index (χ0n) is 37.4. The van der Waals surface area contributed by atoms with Gasteiger partial charge >= 0.3 is 0 Å². The summed E-state index contributed by atoms with van der Waals surface area (Å²) in [5.41, 5.74) is 0. The number of hydrogen-bond donors (Lipinski definition) is 5. The third-order valence-corrected chi connectivity index (χ3v) is 11.6. The van der Waals surface area contributed by atoms with Crippen LogP contribution in [0.5, 0.6) is 0 Å². The number of carbonyl (C=O) groups is 1. The molecule has 6 heteroatoms. The Morgan fingerprint density at radius 1 is 0.429 bits per heavy atom. The molecule has 4 atom stereocenters. The molecule has 0 aliphatic carbocycles. The quantitative estimate of drug-likeness (QED) is 0.0312. The standard InChI is InChI=1S/C50H97NO5/c1-3-5-7-9-11-13-15-17-19-20-21-22-23-24-25-26-27-28-30-32-34-36-38-40-42-44-48(54)50(56)51-46(45-52)49(55)47(53)43-41-39-37-35-33-31-29-18-16-14-12-10-8-6-4-2/h18,29,35,37,46-49,52-55H,3-17,19-28,30-34,36,38-45H2,1-2H3,(H,51,56)/b29-18+,37-35+. The average Bonchev–Trinajstić information content (AvgIpc) is 3.20. The Kier molecular flexibility index (Phi) is 43.9. The number of hydrogen-bond acceptors (Lipinski definition) is 5. The lowest BCUT2D eigenvalue weighted by atomic mass is 10.00. The topological polar surface area (TPSA) is 110 Å². The molecule has 0 heterocycles. The highest BCUT2D eigenvalue weighted by Crippen LogP contribution is 2.17. The van der Waals surface area contributed by atoms with Crippen molar-refractivity contribution < 1.29 is 25.2 Å². The first-order chi connectivity index (χ1) is 27.5. The Labute approximate surface area is 348 Å². The van der Waals surface area contributed by atoms with Gasteiger partial charge in [0.05, 0.1) is 18.8 Å². The highest BCUT2D eigenvalue weighted by Gasteiger charge is 2.28. The molecule has 1 amide bonds. The largest absolute Gasteiger partial charge is 0.394 e. The van der Waals surface area contributed by atoms with Crippen LogP contribution in [0, 0.1) is 0 Å². The summed E-state index contributed by atoms with van der Waals surface area (Å²) in [6, 6.07) is -1.00. The maximum absolute atomic E-state index is 12.5. The van der Waals surface area contributed by atoms with E-state index in [1.54, 1.807) is 0 Å². The van der Waals surface area contributed by atoms with Crippen LogP contribution < -0.4 is 5.32 Å². The van der Waals surface area contributed by atoms with Crippen LogP contribution in [0.3, 0.4) is 0 Å². The molecule has 56 heavy (non-hydrogen) atoms. The van der Waals surface area contributed by atoms with Crippen LogP contribution in [0.4, 0.5) is 0 Å². The Morgan fingerprint density at radius 3 is 1.12 bits per heavy atom. The number of amides is 1. The molecule has 6 nitrogen and oxygen atoms in total. The SMILES string of the molecule is CCCCCCCC/C=C/CC/C=C/CCCC(O)C(O)C(CO)NC(=O)C(O)CCCCCCCCCCCCCCCCCCCCCCCCCCC. The molecule has 0 aliphatic rings. The van der Waals surface area contributed by atoms with Crippen LogP contribution in [-0.2, 0) is 4.79 Å². The lowest BCUT2D eigenvalue weighted by Gasteiger charge is -2.27. The zero-order valence-corrected chi connectivity index (χ0v) is 37.4. The van der Waals surface area contributed by atoms with Crippen molar-refractivity contribution in [2.45, 2.75) is 282 Å². The molecule has 0 aliphatic heterocycles. The van der Waals surface area contributed by atoms with Crippen molar-refractivity contribution in [2.75, 3.05) is 6.61 Å². The monoisotopic (exact) mass is 792 g/mol. The van der Waals surface area contributed by atoms with Crippen molar-refractivity contribution in [3.63, 3.8) is 0 Å². The van der Waals surface area contributed by atoms with E-state index in [-0.39, 0.29) is 0 Å². The van der Waals surface area contributed by atoms with Gasteiger partial charge in [0, 0.05) is 0 Å². The molecule has 5 N–H and O–H groups in total. The average molecular weight is 792 g/mol. The molecule has 0 fully saturated rings. The summed E-state index contributed by atoms with van der Waals surface area (Å²) in [4.78, 5) is 12.5. The predicted octanol–water partition coefficient (Wildman–Crippen LogP) is 13.5. The second-order valence-corrected chi connectivity index (χ2v) is 17.2. The summed E-state index contributed by atoms with van der Waals surface area (Å²) in [5.74, 6) is -0.594. The van der Waals surface area contributed by atoms with Gasteiger partial charge in [-0.05, 0) is 51.4 Å². The Morgan fingerprint density at radius 2 is 0.750 bits per heavy atom. The van der Waals surface area contributed by atoms with Gasteiger partial charge in [0.1, 0.15) is 12.2 Å². The van der Waals surface area contributed by atoms with E-state index in [4.69, 9.17) is 0 Å². The highest BCUT2D eigenvalue weighted by atomic mass is 16.3. The van der Waals surface area contributed by atoms with Gasteiger partial charge in [0.2, 0.25) is 5.91 Å². The summed E-state index contributed by atoms with van der Waals surface area (Å²) >= 11 is 0. The molecule has 332 valence electrons. The molecule has 0 aromatic heterocycles. The van der Waals surface area contributed by atoms with Crippen molar-refractivity contribution in [1.29, 1.82) is 0 Å². The van der Waals surface area contributed by atoms with E-state index in [1.165, 1.54) is 186 Å². The van der Waals surface area contributed by atoms with Gasteiger partial charge in [-0.3, -0.25) is 4.79 Å². The van der Waals surface area contributed by atoms with Gasteiger partial charge in [-0.1, -0.05) is 231 Å². The smallest absolute Gasteiger partial charge is 0.249 e. The van der Waals surface area contributed by atoms with E-state index in [0.29, 0.717) is 19.3 Å². The molecular weight excluding hydrogens is 695 g/mol. The van der Waals surface area contributed by atoms with Crippen LogP contribution in [0.25, 0.3) is 0 Å². The second kappa shape index (κ2) is 44.9. The number of unbranched alkanes of at least 4 members (excludes halogenated alkanes) is 32. The third-order valence-electron chi connectivity index (χ3n) is 11.6. The van der Waals surface area contributed by atoms with E-state index < -0.39 is 36.9 Å². The van der Waals surface area contributed by atoms with E-state index in [0.717, 1.165) is 38.5 Å². The molecule has 4 unspecified atom stereocenters. The lowest BCUT2D eigenvalue weighted by molar-refractivity contribution is -0.132. The summed E-state index contributed by atoms with van der Waals surface area (Å²) in [5, 5.41) is 43.7. The fourth-order valence-electron chi connectivity index (χ4n) is 7.72. The van der Waals surface area contributed by atoms with Gasteiger partial charge in [-0.25, -0.2) is 0 Å². The molecule has 0 saturated heterocycles. The fourth-order valence-corrected chi connectivity index (χ4v) is 7.72. The van der Waals surface area contributed by atoms with Crippen molar-refractivity contribution >= 4 is 5.91 Å².